The van der Waals surface area contributed by atoms with Gasteiger partial charge in [0.25, 0.3) is 0 Å². The largest absolute Gasteiger partial charge is 0.480 e. The van der Waals surface area contributed by atoms with Crippen molar-refractivity contribution in [2.75, 3.05) is 7.05 Å². The fourth-order valence-electron chi connectivity index (χ4n) is 2.01. The van der Waals surface area contributed by atoms with Gasteiger partial charge in [-0.1, -0.05) is 27.7 Å². The van der Waals surface area contributed by atoms with Gasteiger partial charge in [-0.3, -0.25) is 4.79 Å². The van der Waals surface area contributed by atoms with Crippen LogP contribution < -0.4 is 0 Å². The van der Waals surface area contributed by atoms with Gasteiger partial charge in [0.05, 0.1) is 0 Å². The van der Waals surface area contributed by atoms with Crippen LogP contribution in [0.15, 0.2) is 0 Å². The molecule has 0 spiro atoms. The van der Waals surface area contributed by atoms with Gasteiger partial charge in [0.2, 0.25) is 5.91 Å². The first-order chi connectivity index (χ1) is 7.88. The molecule has 1 atom stereocenters. The average Bonchev–Trinajstić information content (AvgIpc) is 2.12. The van der Waals surface area contributed by atoms with E-state index < -0.39 is 11.5 Å². The Hall–Kier alpha value is -1.06. The van der Waals surface area contributed by atoms with E-state index in [0.29, 0.717) is 6.42 Å². The van der Waals surface area contributed by atoms with Crippen LogP contribution in [0.5, 0.6) is 0 Å². The van der Waals surface area contributed by atoms with Gasteiger partial charge in [-0.25, -0.2) is 4.79 Å². The van der Waals surface area contributed by atoms with Crippen molar-refractivity contribution in [3.8, 4) is 0 Å². The van der Waals surface area contributed by atoms with Crippen LogP contribution in [0.2, 0.25) is 0 Å². The van der Waals surface area contributed by atoms with E-state index in [2.05, 4.69) is 20.8 Å². The number of nitrogens with zero attached hydrogens (tertiary/aromatic N) is 1. The number of hydrogen-bond donors (Lipinski definition) is 1. The molecule has 1 N–H and O–H groups in total. The first-order valence-electron chi connectivity index (χ1n) is 6.38. The molecule has 0 aromatic carbocycles. The molecule has 0 saturated carbocycles. The Morgan fingerprint density at radius 1 is 1.17 bits per heavy atom. The molecule has 0 saturated heterocycles. The highest BCUT2D eigenvalue weighted by Crippen LogP contribution is 2.27. The quantitative estimate of drug-likeness (QED) is 0.824. The lowest BCUT2D eigenvalue weighted by atomic mass is 9.84. The minimum atomic E-state index is -1.15. The van der Waals surface area contributed by atoms with Crippen molar-refractivity contribution in [1.82, 2.24) is 4.90 Å². The summed E-state index contributed by atoms with van der Waals surface area (Å²) in [6.07, 6.45) is 1.34. The summed E-state index contributed by atoms with van der Waals surface area (Å²) in [5.74, 6) is -0.842. The Labute approximate surface area is 110 Å². The van der Waals surface area contributed by atoms with Crippen molar-refractivity contribution >= 4 is 11.9 Å². The average molecular weight is 257 g/mol. The Morgan fingerprint density at radius 3 is 1.94 bits per heavy atom. The summed E-state index contributed by atoms with van der Waals surface area (Å²) >= 11 is 0. The summed E-state index contributed by atoms with van der Waals surface area (Å²) in [6, 6.07) is 0. The zero-order valence-corrected chi connectivity index (χ0v) is 12.7. The van der Waals surface area contributed by atoms with Crippen LogP contribution in [-0.4, -0.2) is 34.5 Å². The minimum absolute atomic E-state index is 0.112. The van der Waals surface area contributed by atoms with Gasteiger partial charge in [-0.05, 0) is 31.6 Å². The molecule has 0 aromatic rings. The number of hydrogen-bond acceptors (Lipinski definition) is 2. The van der Waals surface area contributed by atoms with Crippen LogP contribution in [0.3, 0.4) is 0 Å². The lowest BCUT2D eigenvalue weighted by molar-refractivity contribution is -0.155. The highest BCUT2D eigenvalue weighted by atomic mass is 16.4. The maximum absolute atomic E-state index is 12.1. The first kappa shape index (κ1) is 16.9. The molecule has 0 aliphatic rings. The number of rotatable bonds is 5. The van der Waals surface area contributed by atoms with Crippen molar-refractivity contribution in [3.63, 3.8) is 0 Å². The standard InChI is InChI=1S/C14H27NO3/c1-10(9-13(2,3)4)8-11(16)15(7)14(5,6)12(17)18/h10H,8-9H2,1-7H3,(H,17,18). The molecule has 0 rings (SSSR count). The normalized spacial score (nSPS) is 14.2. The number of amides is 1. The van der Waals surface area contributed by atoms with E-state index in [9.17, 15) is 9.59 Å². The molecule has 1 unspecified atom stereocenters. The smallest absolute Gasteiger partial charge is 0.329 e. The second-order valence-electron chi connectivity index (χ2n) is 6.89. The van der Waals surface area contributed by atoms with Gasteiger partial charge < -0.3 is 10.0 Å². The molecule has 4 heteroatoms. The first-order valence-corrected chi connectivity index (χ1v) is 6.38. The van der Waals surface area contributed by atoms with E-state index in [0.717, 1.165) is 6.42 Å². The topological polar surface area (TPSA) is 57.6 Å². The predicted octanol–water partition coefficient (Wildman–Crippen LogP) is 2.77. The van der Waals surface area contributed by atoms with Crippen molar-refractivity contribution in [2.45, 2.75) is 59.9 Å². The zero-order valence-electron chi connectivity index (χ0n) is 12.7. The van der Waals surface area contributed by atoms with Gasteiger partial charge in [-0.15, -0.1) is 0 Å². The van der Waals surface area contributed by atoms with E-state index in [1.165, 1.54) is 4.90 Å². The van der Waals surface area contributed by atoms with Crippen LogP contribution in [0.1, 0.15) is 54.4 Å². The third kappa shape index (κ3) is 5.07. The Morgan fingerprint density at radius 2 is 1.61 bits per heavy atom. The van der Waals surface area contributed by atoms with Crippen LogP contribution >= 0.6 is 0 Å². The summed E-state index contributed by atoms with van der Waals surface area (Å²) in [5.41, 5.74) is -0.973. The van der Waals surface area contributed by atoms with Gasteiger partial charge in [0.1, 0.15) is 5.54 Å². The summed E-state index contributed by atoms with van der Waals surface area (Å²) < 4.78 is 0. The van der Waals surface area contributed by atoms with Crippen LogP contribution in [0.4, 0.5) is 0 Å². The molecule has 0 bridgehead atoms. The SMILES string of the molecule is CC(CC(=O)N(C)C(C)(C)C(=O)O)CC(C)(C)C. The number of carbonyl (C=O) groups is 2. The number of carbonyl (C=O) groups excluding carboxylic acids is 1. The van der Waals surface area contributed by atoms with Crippen LogP contribution in [0, 0.1) is 11.3 Å². The second-order valence-corrected chi connectivity index (χ2v) is 6.89. The number of carboxylic acids is 1. The summed E-state index contributed by atoms with van der Waals surface area (Å²) in [7, 11) is 1.56. The van der Waals surface area contributed by atoms with E-state index in [1.54, 1.807) is 20.9 Å². The third-order valence-corrected chi connectivity index (χ3v) is 3.22. The maximum Gasteiger partial charge on any atom is 0.329 e. The van der Waals surface area contributed by atoms with Crippen molar-refractivity contribution in [1.29, 1.82) is 0 Å². The molecule has 0 radical (unpaired) electrons. The second kappa shape index (κ2) is 5.72. The molecular formula is C14H27NO3. The fraction of sp³-hybridized carbons (Fsp3) is 0.857. The number of carboxylic acid groups (broad SMARTS) is 1. The highest BCUT2D eigenvalue weighted by molar-refractivity contribution is 5.86. The van der Waals surface area contributed by atoms with E-state index in [1.807, 2.05) is 6.92 Å². The Balaban J connectivity index is 4.55. The molecule has 0 heterocycles. The van der Waals surface area contributed by atoms with Crippen molar-refractivity contribution in [3.05, 3.63) is 0 Å². The molecule has 106 valence electrons. The number of likely N-dealkylation sites (N-methyl/N-ethyl adjacent to an activating group) is 1. The monoisotopic (exact) mass is 257 g/mol. The zero-order chi connectivity index (χ0) is 14.7. The molecule has 0 aliphatic heterocycles. The highest BCUT2D eigenvalue weighted by Gasteiger charge is 2.35. The summed E-state index contributed by atoms with van der Waals surface area (Å²) in [6.45, 7) is 11.5. The Kier molecular flexibility index (Phi) is 5.38. The molecule has 1 amide bonds. The van der Waals surface area contributed by atoms with Gasteiger partial charge in [0, 0.05) is 13.5 Å². The van der Waals surface area contributed by atoms with Crippen LogP contribution in [0.25, 0.3) is 0 Å². The summed E-state index contributed by atoms with van der Waals surface area (Å²) in [4.78, 5) is 24.5. The third-order valence-electron chi connectivity index (χ3n) is 3.22. The molecule has 4 nitrogen and oxygen atoms in total. The van der Waals surface area contributed by atoms with Crippen LogP contribution in [-0.2, 0) is 9.59 Å². The molecule has 18 heavy (non-hydrogen) atoms. The van der Waals surface area contributed by atoms with Crippen molar-refractivity contribution in [2.24, 2.45) is 11.3 Å². The maximum atomic E-state index is 12.1. The van der Waals surface area contributed by atoms with E-state index in [-0.39, 0.29) is 17.2 Å². The van der Waals surface area contributed by atoms with Gasteiger partial charge in [0.15, 0.2) is 0 Å². The molecular weight excluding hydrogens is 230 g/mol. The van der Waals surface area contributed by atoms with Crippen molar-refractivity contribution < 1.29 is 14.7 Å². The van der Waals surface area contributed by atoms with E-state index >= 15 is 0 Å². The lowest BCUT2D eigenvalue weighted by Gasteiger charge is -2.33. The fourth-order valence-corrected chi connectivity index (χ4v) is 2.01. The predicted molar refractivity (Wildman–Crippen MR) is 72.3 cm³/mol. The molecule has 0 aromatic heterocycles. The Bertz CT molecular complexity index is 315. The minimum Gasteiger partial charge on any atom is -0.480 e. The van der Waals surface area contributed by atoms with Gasteiger partial charge in [-0.2, -0.15) is 0 Å². The number of aliphatic carboxylic acids is 1. The lowest BCUT2D eigenvalue weighted by Crippen LogP contribution is -2.51. The summed E-state index contributed by atoms with van der Waals surface area (Å²) in [5, 5.41) is 9.09. The van der Waals surface area contributed by atoms with E-state index in [4.69, 9.17) is 5.11 Å². The van der Waals surface area contributed by atoms with Gasteiger partial charge >= 0.3 is 5.97 Å². The molecule has 0 fully saturated rings. The molecule has 0 aliphatic carbocycles.